The Morgan fingerprint density at radius 3 is 2.00 bits per heavy atom. The topological polar surface area (TPSA) is 38.3 Å². The number of nitrogens with one attached hydrogen (secondary N) is 1. The van der Waals surface area contributed by atoms with Crippen LogP contribution in [0, 0.1) is 12.7 Å². The average molecular weight is 329 g/mol. The van der Waals surface area contributed by atoms with Crippen LogP contribution in [0.4, 0.5) is 4.39 Å². The van der Waals surface area contributed by atoms with Gasteiger partial charge < -0.3 is 10.1 Å². The molecule has 2 aromatic rings. The molecule has 128 valence electrons. The zero-order chi connectivity index (χ0) is 17.7. The molecule has 0 saturated carbocycles. The van der Waals surface area contributed by atoms with E-state index in [0.717, 1.165) is 16.7 Å². The maximum Gasteiger partial charge on any atom is 0.323 e. The number of carbonyl (C=O) groups is 1. The number of hydrogen-bond acceptors (Lipinski definition) is 3. The predicted octanol–water partition coefficient (Wildman–Crippen LogP) is 3.81. The highest BCUT2D eigenvalue weighted by Crippen LogP contribution is 2.30. The Morgan fingerprint density at radius 2 is 1.50 bits per heavy atom. The third kappa shape index (κ3) is 4.42. The van der Waals surface area contributed by atoms with E-state index in [4.69, 9.17) is 4.74 Å². The molecule has 2 aromatic carbocycles. The molecule has 0 saturated heterocycles. The molecule has 0 spiro atoms. The van der Waals surface area contributed by atoms with Gasteiger partial charge in [0.2, 0.25) is 0 Å². The quantitative estimate of drug-likeness (QED) is 0.819. The molecule has 4 heteroatoms. The molecule has 1 unspecified atom stereocenters. The van der Waals surface area contributed by atoms with E-state index in [1.807, 2.05) is 38.1 Å². The highest BCUT2D eigenvalue weighted by Gasteiger charge is 2.26. The zero-order valence-electron chi connectivity index (χ0n) is 14.5. The maximum absolute atomic E-state index is 13.3. The predicted molar refractivity (Wildman–Crippen MR) is 93.5 cm³/mol. The number of benzene rings is 2. The number of halogens is 1. The fraction of sp³-hybridized carbons (Fsp3) is 0.350. The monoisotopic (exact) mass is 329 g/mol. The summed E-state index contributed by atoms with van der Waals surface area (Å²) >= 11 is 0. The van der Waals surface area contributed by atoms with Crippen molar-refractivity contribution >= 4 is 5.97 Å². The largest absolute Gasteiger partial charge is 0.461 e. The number of hydrogen-bond donors (Lipinski definition) is 1. The van der Waals surface area contributed by atoms with Gasteiger partial charge in [-0.25, -0.2) is 4.39 Å². The van der Waals surface area contributed by atoms with Crippen LogP contribution >= 0.6 is 0 Å². The molecular formula is C20H24FNO2. The second-order valence-corrected chi connectivity index (χ2v) is 6.09. The van der Waals surface area contributed by atoms with Crippen molar-refractivity contribution in [1.29, 1.82) is 0 Å². The molecule has 3 atom stereocenters. The van der Waals surface area contributed by atoms with Gasteiger partial charge in [0.1, 0.15) is 18.0 Å². The Balaban J connectivity index is 2.33. The van der Waals surface area contributed by atoms with Crippen molar-refractivity contribution in [2.45, 2.75) is 38.8 Å². The van der Waals surface area contributed by atoms with Crippen molar-refractivity contribution in [2.24, 2.45) is 0 Å². The van der Waals surface area contributed by atoms with E-state index in [-0.39, 0.29) is 29.9 Å². The van der Waals surface area contributed by atoms with Crippen LogP contribution in [0.1, 0.15) is 36.5 Å². The Morgan fingerprint density at radius 1 is 1.00 bits per heavy atom. The van der Waals surface area contributed by atoms with Gasteiger partial charge in [-0.15, -0.1) is 0 Å². The Kier molecular flexibility index (Phi) is 6.10. The first-order valence-corrected chi connectivity index (χ1v) is 8.12. The summed E-state index contributed by atoms with van der Waals surface area (Å²) in [7, 11) is 1.72. The number of ether oxygens (including phenoxy) is 1. The van der Waals surface area contributed by atoms with Crippen molar-refractivity contribution in [3.8, 4) is 0 Å². The van der Waals surface area contributed by atoms with E-state index < -0.39 is 0 Å². The molecule has 2 rings (SSSR count). The van der Waals surface area contributed by atoms with E-state index in [1.165, 1.54) is 12.1 Å². The van der Waals surface area contributed by atoms with Crippen LogP contribution in [0.5, 0.6) is 0 Å². The van der Waals surface area contributed by atoms with Gasteiger partial charge in [0.15, 0.2) is 0 Å². The van der Waals surface area contributed by atoms with E-state index in [1.54, 1.807) is 26.1 Å². The second-order valence-electron chi connectivity index (χ2n) is 6.09. The van der Waals surface area contributed by atoms with E-state index >= 15 is 0 Å². The van der Waals surface area contributed by atoms with Gasteiger partial charge in [-0.05, 0) is 51.1 Å². The van der Waals surface area contributed by atoms with E-state index in [2.05, 4.69) is 5.32 Å². The SMILES string of the molecule is CN[C@@H](C)C(=O)O[C@@H](C)C(c1ccc(C)cc1)c1ccc(F)cc1. The molecular weight excluding hydrogens is 305 g/mol. The number of rotatable bonds is 6. The van der Waals surface area contributed by atoms with Crippen LogP contribution in [-0.2, 0) is 9.53 Å². The molecule has 0 heterocycles. The molecule has 0 fully saturated rings. The summed E-state index contributed by atoms with van der Waals surface area (Å²) in [4.78, 5) is 12.1. The number of aryl methyl sites for hydroxylation is 1. The van der Waals surface area contributed by atoms with Crippen molar-refractivity contribution in [2.75, 3.05) is 7.05 Å². The zero-order valence-corrected chi connectivity index (χ0v) is 14.5. The molecule has 3 nitrogen and oxygen atoms in total. The smallest absolute Gasteiger partial charge is 0.323 e. The maximum atomic E-state index is 13.3. The van der Waals surface area contributed by atoms with Crippen LogP contribution < -0.4 is 5.32 Å². The number of likely N-dealkylation sites (N-methyl/N-ethyl adjacent to an activating group) is 1. The summed E-state index contributed by atoms with van der Waals surface area (Å²) in [5.74, 6) is -0.738. The van der Waals surface area contributed by atoms with Crippen LogP contribution in [0.3, 0.4) is 0 Å². The summed E-state index contributed by atoms with van der Waals surface area (Å²) < 4.78 is 18.9. The molecule has 0 amide bonds. The minimum atomic E-state index is -0.376. The molecule has 0 bridgehead atoms. The third-order valence-corrected chi connectivity index (χ3v) is 4.22. The van der Waals surface area contributed by atoms with Gasteiger partial charge in [0.25, 0.3) is 0 Å². The first kappa shape index (κ1) is 18.1. The van der Waals surface area contributed by atoms with Crippen molar-refractivity contribution in [3.05, 3.63) is 71.0 Å². The Bertz CT molecular complexity index is 622. The molecule has 1 N–H and O–H groups in total. The van der Waals surface area contributed by atoms with Crippen LogP contribution in [-0.4, -0.2) is 25.2 Å². The summed E-state index contributed by atoms with van der Waals surface area (Å²) in [5.41, 5.74) is 3.10. The average Bonchev–Trinajstić information content (AvgIpc) is 2.57. The van der Waals surface area contributed by atoms with Gasteiger partial charge in [-0.1, -0.05) is 42.0 Å². The minimum Gasteiger partial charge on any atom is -0.461 e. The van der Waals surface area contributed by atoms with Crippen molar-refractivity contribution in [1.82, 2.24) is 5.32 Å². The first-order chi connectivity index (χ1) is 11.4. The van der Waals surface area contributed by atoms with Crippen LogP contribution in [0.15, 0.2) is 48.5 Å². The summed E-state index contributed by atoms with van der Waals surface area (Å²) in [6.07, 6.45) is -0.374. The Hall–Kier alpha value is -2.20. The lowest BCUT2D eigenvalue weighted by Gasteiger charge is -2.26. The van der Waals surface area contributed by atoms with Gasteiger partial charge in [0.05, 0.1) is 0 Å². The first-order valence-electron chi connectivity index (χ1n) is 8.12. The number of esters is 1. The highest BCUT2D eigenvalue weighted by atomic mass is 19.1. The fourth-order valence-corrected chi connectivity index (χ4v) is 2.65. The van der Waals surface area contributed by atoms with Crippen molar-refractivity contribution < 1.29 is 13.9 Å². The van der Waals surface area contributed by atoms with Gasteiger partial charge in [0, 0.05) is 5.92 Å². The third-order valence-electron chi connectivity index (χ3n) is 4.22. The van der Waals surface area contributed by atoms with Gasteiger partial charge in [-0.2, -0.15) is 0 Å². The molecule has 0 aliphatic carbocycles. The van der Waals surface area contributed by atoms with Crippen molar-refractivity contribution in [3.63, 3.8) is 0 Å². The lowest BCUT2D eigenvalue weighted by molar-refractivity contribution is -0.150. The summed E-state index contributed by atoms with van der Waals surface area (Å²) in [6.45, 7) is 5.65. The highest BCUT2D eigenvalue weighted by molar-refractivity contribution is 5.75. The lowest BCUT2D eigenvalue weighted by atomic mass is 9.87. The number of carbonyl (C=O) groups excluding carboxylic acids is 1. The molecule has 0 aromatic heterocycles. The Labute approximate surface area is 142 Å². The van der Waals surface area contributed by atoms with E-state index in [0.29, 0.717) is 0 Å². The second kappa shape index (κ2) is 8.06. The van der Waals surface area contributed by atoms with E-state index in [9.17, 15) is 9.18 Å². The molecule has 0 radical (unpaired) electrons. The minimum absolute atomic E-state index is 0.154. The van der Waals surface area contributed by atoms with Crippen LogP contribution in [0.25, 0.3) is 0 Å². The summed E-state index contributed by atoms with van der Waals surface area (Å²) in [5, 5.41) is 2.88. The standard InChI is InChI=1S/C20H24FNO2/c1-13-5-7-16(8-6-13)19(17-9-11-18(21)12-10-17)15(3)24-20(23)14(2)22-4/h5-12,14-15,19,22H,1-4H3/t14-,15-,19?/m0/s1. The van der Waals surface area contributed by atoms with Gasteiger partial charge in [-0.3, -0.25) is 4.79 Å². The fourth-order valence-electron chi connectivity index (χ4n) is 2.65. The lowest BCUT2D eigenvalue weighted by Crippen LogP contribution is -2.36. The molecule has 0 aliphatic heterocycles. The molecule has 0 aliphatic rings. The molecule has 24 heavy (non-hydrogen) atoms. The van der Waals surface area contributed by atoms with Gasteiger partial charge >= 0.3 is 5.97 Å². The van der Waals surface area contributed by atoms with Crippen LogP contribution in [0.2, 0.25) is 0 Å². The normalized spacial score (nSPS) is 14.7. The summed E-state index contributed by atoms with van der Waals surface area (Å²) in [6, 6.07) is 14.1.